The maximum atomic E-state index is 13.5. The molecule has 10 nitrogen and oxygen atoms in total. The first kappa shape index (κ1) is 25.9. The highest BCUT2D eigenvalue weighted by Gasteiger charge is 2.25. The number of nitrogens with two attached hydrogens (primary N) is 2. The van der Waals surface area contributed by atoms with Gasteiger partial charge in [0, 0.05) is 22.6 Å². The number of hydrogen-bond acceptors (Lipinski definition) is 10. The van der Waals surface area contributed by atoms with E-state index in [0.717, 1.165) is 28.9 Å². The minimum absolute atomic E-state index is 0.0455. The van der Waals surface area contributed by atoms with Crippen molar-refractivity contribution in [2.24, 2.45) is 0 Å². The SMILES string of the molecule is CCc1ccc(-c2c(C#N)c(N)nc3sc(C(=O)c4ccc(S(=O)(=O)Nc5cc(C)on5)cc4)c(N)c23)cc1. The number of sulfonamides is 1. The molecule has 2 aromatic carbocycles. The predicted molar refractivity (Wildman–Crippen MR) is 150 cm³/mol. The molecule has 0 aliphatic rings. The first-order valence-corrected chi connectivity index (χ1v) is 14.0. The minimum atomic E-state index is -3.95. The van der Waals surface area contributed by atoms with Crippen LogP contribution in [0.1, 0.15) is 39.0 Å². The third-order valence-corrected chi connectivity index (χ3v) is 8.64. The number of nitriles is 1. The number of ketones is 1. The van der Waals surface area contributed by atoms with Gasteiger partial charge in [0.25, 0.3) is 10.0 Å². The second kappa shape index (κ2) is 9.86. The third kappa shape index (κ3) is 4.69. The smallest absolute Gasteiger partial charge is 0.263 e. The Bertz CT molecular complexity index is 1880. The van der Waals surface area contributed by atoms with Gasteiger partial charge in [-0.2, -0.15) is 5.26 Å². The lowest BCUT2D eigenvalue weighted by molar-refractivity contribution is 0.104. The summed E-state index contributed by atoms with van der Waals surface area (Å²) in [6.07, 6.45) is 0.856. The Morgan fingerprint density at radius 1 is 1.13 bits per heavy atom. The van der Waals surface area contributed by atoms with Crippen molar-refractivity contribution in [1.82, 2.24) is 10.1 Å². The Balaban J connectivity index is 1.54. The number of carbonyl (C=O) groups is 1. The van der Waals surface area contributed by atoms with Crippen LogP contribution >= 0.6 is 11.3 Å². The molecule has 0 aliphatic heterocycles. The Hall–Kier alpha value is -4.73. The fraction of sp³-hybridized carbons (Fsp3) is 0.111. The highest BCUT2D eigenvalue weighted by Crippen LogP contribution is 2.43. The third-order valence-electron chi connectivity index (χ3n) is 6.17. The molecule has 0 fully saturated rings. The maximum absolute atomic E-state index is 13.5. The molecule has 0 spiro atoms. The molecule has 0 bridgehead atoms. The summed E-state index contributed by atoms with van der Waals surface area (Å²) in [5, 5.41) is 14.0. The molecular formula is C27H22N6O4S2. The van der Waals surface area contributed by atoms with Crippen molar-refractivity contribution in [1.29, 1.82) is 5.26 Å². The standard InChI is InChI=1S/C27H22N6O4S2/c1-3-15-4-6-16(7-5-15)21-19(13-28)26(30)31-27-22(21)23(29)25(38-27)24(34)17-8-10-18(11-9-17)39(35,36)33-20-12-14(2)37-32-20/h4-12H,3,29H2,1-2H3,(H2,30,31)(H,32,33). The van der Waals surface area contributed by atoms with Gasteiger partial charge in [0.05, 0.1) is 10.6 Å². The minimum Gasteiger partial charge on any atom is -0.397 e. The van der Waals surface area contributed by atoms with Gasteiger partial charge in [-0.15, -0.1) is 11.3 Å². The number of nitrogens with one attached hydrogen (secondary N) is 1. The summed E-state index contributed by atoms with van der Waals surface area (Å²) in [5.74, 6) is 0.135. The fourth-order valence-electron chi connectivity index (χ4n) is 4.18. The van der Waals surface area contributed by atoms with E-state index in [2.05, 4.69) is 20.9 Å². The Morgan fingerprint density at radius 3 is 2.41 bits per heavy atom. The average molecular weight is 559 g/mol. The van der Waals surface area contributed by atoms with Crippen LogP contribution in [-0.2, 0) is 16.4 Å². The number of thiophene rings is 1. The van der Waals surface area contributed by atoms with Gasteiger partial charge in [0.15, 0.2) is 5.82 Å². The molecule has 0 atom stereocenters. The zero-order chi connectivity index (χ0) is 27.9. The van der Waals surface area contributed by atoms with Gasteiger partial charge in [0.1, 0.15) is 32.9 Å². The van der Waals surface area contributed by atoms with Crippen LogP contribution in [0.5, 0.6) is 0 Å². The van der Waals surface area contributed by atoms with E-state index in [4.69, 9.17) is 16.0 Å². The first-order valence-electron chi connectivity index (χ1n) is 11.7. The van der Waals surface area contributed by atoms with Crippen LogP contribution in [0.3, 0.4) is 0 Å². The number of fused-ring (bicyclic) bond motifs is 1. The van der Waals surface area contributed by atoms with Crippen molar-refractivity contribution in [2.75, 3.05) is 16.2 Å². The molecule has 5 rings (SSSR count). The van der Waals surface area contributed by atoms with Gasteiger partial charge < -0.3 is 16.0 Å². The monoisotopic (exact) mass is 558 g/mol. The molecular weight excluding hydrogens is 536 g/mol. The number of rotatable bonds is 7. The summed E-state index contributed by atoms with van der Waals surface area (Å²) in [7, 11) is -3.95. The molecule has 0 aliphatic carbocycles. The van der Waals surface area contributed by atoms with Gasteiger partial charge >= 0.3 is 0 Å². The summed E-state index contributed by atoms with van der Waals surface area (Å²) < 4.78 is 32.6. The van der Waals surface area contributed by atoms with E-state index in [1.165, 1.54) is 30.3 Å². The van der Waals surface area contributed by atoms with Crippen LogP contribution in [0.4, 0.5) is 17.3 Å². The largest absolute Gasteiger partial charge is 0.397 e. The van der Waals surface area contributed by atoms with E-state index in [0.29, 0.717) is 21.5 Å². The molecule has 39 heavy (non-hydrogen) atoms. The lowest BCUT2D eigenvalue weighted by atomic mass is 9.95. The second-order valence-corrected chi connectivity index (χ2v) is 11.4. The Kier molecular flexibility index (Phi) is 6.55. The number of pyridine rings is 1. The summed E-state index contributed by atoms with van der Waals surface area (Å²) in [4.78, 5) is 18.4. The molecule has 0 amide bonds. The zero-order valence-electron chi connectivity index (χ0n) is 20.8. The van der Waals surface area contributed by atoms with Crippen LogP contribution < -0.4 is 16.2 Å². The van der Waals surface area contributed by atoms with Gasteiger partial charge in [-0.1, -0.05) is 36.3 Å². The number of aromatic nitrogens is 2. The summed E-state index contributed by atoms with van der Waals surface area (Å²) in [5.41, 5.74) is 15.6. The molecule has 3 aromatic heterocycles. The van der Waals surface area contributed by atoms with Gasteiger partial charge in [-0.25, -0.2) is 13.4 Å². The highest BCUT2D eigenvalue weighted by molar-refractivity contribution is 7.92. The molecule has 0 radical (unpaired) electrons. The molecule has 0 saturated carbocycles. The Labute approximate surface area is 227 Å². The summed E-state index contributed by atoms with van der Waals surface area (Å²) >= 11 is 1.07. The van der Waals surface area contributed by atoms with E-state index in [1.807, 2.05) is 31.2 Å². The van der Waals surface area contributed by atoms with Crippen molar-refractivity contribution in [3.63, 3.8) is 0 Å². The lowest BCUT2D eigenvalue weighted by Gasteiger charge is -2.10. The van der Waals surface area contributed by atoms with Crippen molar-refractivity contribution >= 4 is 54.7 Å². The number of benzene rings is 2. The van der Waals surface area contributed by atoms with Crippen molar-refractivity contribution in [3.05, 3.63) is 81.9 Å². The molecule has 5 aromatic rings. The molecule has 0 unspecified atom stereocenters. The van der Waals surface area contributed by atoms with E-state index in [9.17, 15) is 18.5 Å². The van der Waals surface area contributed by atoms with Gasteiger partial charge in [-0.3, -0.25) is 9.52 Å². The van der Waals surface area contributed by atoms with Crippen LogP contribution in [0, 0.1) is 18.3 Å². The Morgan fingerprint density at radius 2 is 1.82 bits per heavy atom. The molecule has 5 N–H and O–H groups in total. The zero-order valence-corrected chi connectivity index (χ0v) is 22.5. The van der Waals surface area contributed by atoms with Crippen molar-refractivity contribution in [2.45, 2.75) is 25.2 Å². The number of aryl methyl sites for hydroxylation is 2. The van der Waals surface area contributed by atoms with E-state index in [-0.39, 0.29) is 38.2 Å². The second-order valence-electron chi connectivity index (χ2n) is 8.72. The number of nitrogen functional groups attached to an aromatic ring is 2. The molecule has 12 heteroatoms. The van der Waals surface area contributed by atoms with Gasteiger partial charge in [-0.05, 0) is 48.7 Å². The van der Waals surface area contributed by atoms with Crippen molar-refractivity contribution in [3.8, 4) is 17.2 Å². The number of anilines is 3. The summed E-state index contributed by atoms with van der Waals surface area (Å²) in [6, 6.07) is 16.7. The summed E-state index contributed by atoms with van der Waals surface area (Å²) in [6.45, 7) is 3.68. The number of nitrogens with zero attached hydrogens (tertiary/aromatic N) is 3. The molecule has 196 valence electrons. The molecule has 3 heterocycles. The van der Waals surface area contributed by atoms with Crippen LogP contribution in [0.15, 0.2) is 64.0 Å². The van der Waals surface area contributed by atoms with E-state index in [1.54, 1.807) is 6.92 Å². The van der Waals surface area contributed by atoms with Gasteiger partial charge in [0.2, 0.25) is 5.78 Å². The average Bonchev–Trinajstić information content (AvgIpc) is 3.48. The van der Waals surface area contributed by atoms with Crippen LogP contribution in [0.25, 0.3) is 21.3 Å². The van der Waals surface area contributed by atoms with E-state index >= 15 is 0 Å². The van der Waals surface area contributed by atoms with Crippen LogP contribution in [0.2, 0.25) is 0 Å². The lowest BCUT2D eigenvalue weighted by Crippen LogP contribution is -2.13. The fourth-order valence-corrected chi connectivity index (χ4v) is 6.23. The quantitative estimate of drug-likeness (QED) is 0.235. The van der Waals surface area contributed by atoms with E-state index < -0.39 is 15.8 Å². The normalized spacial score (nSPS) is 11.4. The highest BCUT2D eigenvalue weighted by atomic mass is 32.2. The first-order chi connectivity index (χ1) is 18.6. The number of carbonyl (C=O) groups excluding carboxylic acids is 1. The molecule has 0 saturated heterocycles. The topological polar surface area (TPSA) is 178 Å². The maximum Gasteiger partial charge on any atom is 0.263 e. The number of hydrogen-bond donors (Lipinski definition) is 3. The predicted octanol–water partition coefficient (Wildman–Crippen LogP) is 4.89. The van der Waals surface area contributed by atoms with Crippen LogP contribution in [-0.4, -0.2) is 24.3 Å². The van der Waals surface area contributed by atoms with Crippen molar-refractivity contribution < 1.29 is 17.7 Å².